The Labute approximate surface area is 106 Å². The number of aryl methyl sites for hydroxylation is 1. The fourth-order valence-corrected chi connectivity index (χ4v) is 1.71. The van der Waals surface area contributed by atoms with Gasteiger partial charge >= 0.3 is 5.97 Å². The van der Waals surface area contributed by atoms with Crippen LogP contribution in [0.5, 0.6) is 0 Å². The molecule has 1 unspecified atom stereocenters. The molecule has 0 spiro atoms. The van der Waals surface area contributed by atoms with E-state index in [-0.39, 0.29) is 6.42 Å². The third-order valence-corrected chi connectivity index (χ3v) is 2.70. The van der Waals surface area contributed by atoms with Gasteiger partial charge in [-0.15, -0.1) is 0 Å². The molecule has 0 bridgehead atoms. The highest BCUT2D eigenvalue weighted by molar-refractivity contribution is 5.76. The molecule has 4 heteroatoms. The number of benzene rings is 1. The summed E-state index contributed by atoms with van der Waals surface area (Å²) in [5.41, 5.74) is 3.08. The molecule has 0 aromatic heterocycles. The zero-order valence-corrected chi connectivity index (χ0v) is 10.5. The Balaban J connectivity index is 2.92. The minimum atomic E-state index is -1.03. The highest BCUT2D eigenvalue weighted by atomic mass is 16.4. The second-order valence-electron chi connectivity index (χ2n) is 4.07. The monoisotopic (exact) mass is 247 g/mol. The van der Waals surface area contributed by atoms with Gasteiger partial charge in [-0.2, -0.15) is 0 Å². The van der Waals surface area contributed by atoms with E-state index in [1.54, 1.807) is 0 Å². The quantitative estimate of drug-likeness (QED) is 0.753. The van der Waals surface area contributed by atoms with Crippen molar-refractivity contribution in [3.63, 3.8) is 0 Å². The summed E-state index contributed by atoms with van der Waals surface area (Å²) in [6.07, 6.45) is 4.60. The van der Waals surface area contributed by atoms with E-state index in [1.807, 2.05) is 44.2 Å². The van der Waals surface area contributed by atoms with Gasteiger partial charge in [0.1, 0.15) is 6.04 Å². The van der Waals surface area contributed by atoms with Crippen LogP contribution in [0.15, 0.2) is 24.3 Å². The van der Waals surface area contributed by atoms with E-state index in [0.717, 1.165) is 16.7 Å². The average molecular weight is 247 g/mol. The molecule has 18 heavy (non-hydrogen) atoms. The normalized spacial score (nSPS) is 12.3. The molecule has 1 aromatic carbocycles. The molecule has 96 valence electrons. The molecule has 0 radical (unpaired) electrons. The Morgan fingerprint density at radius 1 is 1.50 bits per heavy atom. The fraction of sp³-hybridized carbons (Fsp3) is 0.286. The molecule has 0 aliphatic rings. The maximum absolute atomic E-state index is 10.9. The van der Waals surface area contributed by atoms with Gasteiger partial charge < -0.3 is 10.4 Å². The van der Waals surface area contributed by atoms with Crippen molar-refractivity contribution in [2.75, 3.05) is 0 Å². The number of allylic oxidation sites excluding steroid dienone is 1. The second kappa shape index (κ2) is 6.59. The van der Waals surface area contributed by atoms with Crippen molar-refractivity contribution >= 4 is 18.5 Å². The predicted molar refractivity (Wildman–Crippen MR) is 70.2 cm³/mol. The highest BCUT2D eigenvalue weighted by Crippen LogP contribution is 2.14. The summed E-state index contributed by atoms with van der Waals surface area (Å²) in [6.45, 7) is 3.93. The lowest BCUT2D eigenvalue weighted by Crippen LogP contribution is -2.37. The Bertz CT molecular complexity index is 466. The minimum absolute atomic E-state index is 0.277. The SMILES string of the molecule is C/C=C\c1cc(CC(NC=O)C(=O)O)ccc1C. The lowest BCUT2D eigenvalue weighted by molar-refractivity contribution is -0.140. The summed E-state index contributed by atoms with van der Waals surface area (Å²) in [7, 11) is 0. The van der Waals surface area contributed by atoms with Crippen LogP contribution in [0, 0.1) is 6.92 Å². The molecule has 0 saturated carbocycles. The lowest BCUT2D eigenvalue weighted by atomic mass is 10.00. The third kappa shape index (κ3) is 3.73. The number of carbonyl (C=O) groups excluding carboxylic acids is 1. The first-order chi connectivity index (χ1) is 8.58. The van der Waals surface area contributed by atoms with E-state index in [9.17, 15) is 9.59 Å². The average Bonchev–Trinajstić information content (AvgIpc) is 2.33. The van der Waals surface area contributed by atoms with Crippen LogP contribution in [0.4, 0.5) is 0 Å². The van der Waals surface area contributed by atoms with Gasteiger partial charge in [0.05, 0.1) is 0 Å². The third-order valence-electron chi connectivity index (χ3n) is 2.70. The zero-order chi connectivity index (χ0) is 13.5. The molecule has 1 aromatic rings. The molecule has 4 nitrogen and oxygen atoms in total. The summed E-state index contributed by atoms with van der Waals surface area (Å²) in [5, 5.41) is 11.3. The first-order valence-corrected chi connectivity index (χ1v) is 5.73. The number of nitrogens with one attached hydrogen (secondary N) is 1. The van der Waals surface area contributed by atoms with Gasteiger partial charge in [-0.25, -0.2) is 4.79 Å². The van der Waals surface area contributed by atoms with E-state index in [4.69, 9.17) is 5.11 Å². The largest absolute Gasteiger partial charge is 0.480 e. The van der Waals surface area contributed by atoms with Crippen molar-refractivity contribution in [3.05, 3.63) is 41.0 Å². The van der Waals surface area contributed by atoms with Crippen molar-refractivity contribution in [1.82, 2.24) is 5.32 Å². The van der Waals surface area contributed by atoms with Crippen LogP contribution in [-0.4, -0.2) is 23.5 Å². The molecule has 0 saturated heterocycles. The zero-order valence-electron chi connectivity index (χ0n) is 10.5. The topological polar surface area (TPSA) is 66.4 Å². The minimum Gasteiger partial charge on any atom is -0.480 e. The summed E-state index contributed by atoms with van der Waals surface area (Å²) in [4.78, 5) is 21.3. The standard InChI is InChI=1S/C14H17NO3/c1-3-4-12-7-11(6-5-10(12)2)8-13(14(17)18)15-9-16/h3-7,9,13H,8H2,1-2H3,(H,15,16)(H,17,18)/b4-3-. The smallest absolute Gasteiger partial charge is 0.326 e. The summed E-state index contributed by atoms with van der Waals surface area (Å²) >= 11 is 0. The Kier molecular flexibility index (Phi) is 5.11. The number of carboxylic acids is 1. The van der Waals surface area contributed by atoms with Crippen molar-refractivity contribution in [2.45, 2.75) is 26.3 Å². The van der Waals surface area contributed by atoms with E-state index in [2.05, 4.69) is 5.32 Å². The molecular formula is C14H17NO3. The molecule has 1 amide bonds. The predicted octanol–water partition coefficient (Wildman–Crippen LogP) is 1.77. The maximum atomic E-state index is 10.9. The lowest BCUT2D eigenvalue weighted by Gasteiger charge is -2.12. The number of rotatable bonds is 6. The summed E-state index contributed by atoms with van der Waals surface area (Å²) in [5.74, 6) is -1.03. The molecule has 0 aliphatic carbocycles. The first kappa shape index (κ1) is 14.0. The Hall–Kier alpha value is -2.10. The van der Waals surface area contributed by atoms with E-state index < -0.39 is 12.0 Å². The summed E-state index contributed by atoms with van der Waals surface area (Å²) < 4.78 is 0. The molecule has 0 heterocycles. The highest BCUT2D eigenvalue weighted by Gasteiger charge is 2.16. The molecule has 0 aliphatic heterocycles. The molecule has 1 rings (SSSR count). The fourth-order valence-electron chi connectivity index (χ4n) is 1.71. The van der Waals surface area contributed by atoms with Crippen LogP contribution in [-0.2, 0) is 16.0 Å². The summed E-state index contributed by atoms with van der Waals surface area (Å²) in [6, 6.07) is 4.89. The van der Waals surface area contributed by atoms with Crippen LogP contribution in [0.25, 0.3) is 6.08 Å². The van der Waals surface area contributed by atoms with Gasteiger partial charge in [-0.3, -0.25) is 4.79 Å². The molecule has 2 N–H and O–H groups in total. The van der Waals surface area contributed by atoms with Gasteiger partial charge in [-0.1, -0.05) is 30.4 Å². The van der Waals surface area contributed by atoms with Crippen LogP contribution >= 0.6 is 0 Å². The van der Waals surface area contributed by atoms with E-state index in [0.29, 0.717) is 6.41 Å². The number of hydrogen-bond acceptors (Lipinski definition) is 2. The van der Waals surface area contributed by atoms with Crippen LogP contribution < -0.4 is 5.32 Å². The van der Waals surface area contributed by atoms with Gasteiger partial charge in [0, 0.05) is 6.42 Å². The molecule has 1 atom stereocenters. The second-order valence-corrected chi connectivity index (χ2v) is 4.07. The van der Waals surface area contributed by atoms with E-state index >= 15 is 0 Å². The van der Waals surface area contributed by atoms with E-state index in [1.165, 1.54) is 0 Å². The van der Waals surface area contributed by atoms with Gasteiger partial charge in [0.25, 0.3) is 0 Å². The van der Waals surface area contributed by atoms with Crippen LogP contribution in [0.2, 0.25) is 0 Å². The Morgan fingerprint density at radius 3 is 2.78 bits per heavy atom. The van der Waals surface area contributed by atoms with Gasteiger partial charge in [0.2, 0.25) is 6.41 Å². The maximum Gasteiger partial charge on any atom is 0.326 e. The number of amides is 1. The Morgan fingerprint density at radius 2 is 2.22 bits per heavy atom. The van der Waals surface area contributed by atoms with Crippen molar-refractivity contribution in [1.29, 1.82) is 0 Å². The molecule has 0 fully saturated rings. The number of hydrogen-bond donors (Lipinski definition) is 2. The van der Waals surface area contributed by atoms with Crippen LogP contribution in [0.1, 0.15) is 23.6 Å². The van der Waals surface area contributed by atoms with Gasteiger partial charge in [-0.05, 0) is 30.5 Å². The van der Waals surface area contributed by atoms with Gasteiger partial charge in [0.15, 0.2) is 0 Å². The van der Waals surface area contributed by atoms with Crippen LogP contribution in [0.3, 0.4) is 0 Å². The van der Waals surface area contributed by atoms with Crippen molar-refractivity contribution in [2.24, 2.45) is 0 Å². The van der Waals surface area contributed by atoms with Crippen molar-refractivity contribution in [3.8, 4) is 0 Å². The molecular weight excluding hydrogens is 230 g/mol. The first-order valence-electron chi connectivity index (χ1n) is 5.73. The number of carbonyl (C=O) groups is 2. The van der Waals surface area contributed by atoms with Crippen molar-refractivity contribution < 1.29 is 14.7 Å². The number of aliphatic carboxylic acids is 1. The number of carboxylic acid groups (broad SMARTS) is 1.